The fraction of sp³-hybridized carbons (Fsp3) is 0.814. The molecule has 1 rings (SSSR count). The quantitative estimate of drug-likeness (QED) is 0.0508. The smallest absolute Gasteiger partial charge is 0.168 e. The maximum Gasteiger partial charge on any atom is 0.168 e. The number of hydrogen-bond acceptors (Lipinski definition) is 4. The van der Waals surface area contributed by atoms with E-state index in [-0.39, 0.29) is 11.9 Å². The normalized spacial score (nSPS) is 19.2. The van der Waals surface area contributed by atoms with E-state index < -0.39 is 15.6 Å². The topological polar surface area (TPSA) is 52.6 Å². The molecular formula is C43H78O4S. The zero-order valence-corrected chi connectivity index (χ0v) is 32.8. The van der Waals surface area contributed by atoms with Crippen LogP contribution in [0.3, 0.4) is 0 Å². The first-order valence-corrected chi connectivity index (χ1v) is 22.6. The van der Waals surface area contributed by atoms with E-state index in [0.717, 1.165) is 44.9 Å². The maximum atomic E-state index is 11.8. The minimum Gasteiger partial charge on any atom is -0.350 e. The molecule has 0 bridgehead atoms. The highest BCUT2D eigenvalue weighted by molar-refractivity contribution is 7.90. The average Bonchev–Trinajstić information content (AvgIpc) is 3.07. The Bertz CT molecular complexity index is 884. The minimum absolute atomic E-state index is 0.0114. The summed E-state index contributed by atoms with van der Waals surface area (Å²) in [4.78, 5) is 0. The Labute approximate surface area is 299 Å². The molecule has 1 aliphatic rings. The molecule has 280 valence electrons. The lowest BCUT2D eigenvalue weighted by Gasteiger charge is -2.41. The van der Waals surface area contributed by atoms with Crippen molar-refractivity contribution in [3.8, 4) is 0 Å². The van der Waals surface area contributed by atoms with Crippen molar-refractivity contribution in [2.75, 3.05) is 18.6 Å². The molecule has 0 aromatic rings. The van der Waals surface area contributed by atoms with Gasteiger partial charge in [-0.25, -0.2) is 8.42 Å². The monoisotopic (exact) mass is 691 g/mol. The summed E-state index contributed by atoms with van der Waals surface area (Å²) in [5.41, 5.74) is 0. The van der Waals surface area contributed by atoms with Gasteiger partial charge in [0, 0.05) is 19.1 Å². The van der Waals surface area contributed by atoms with E-state index in [0.29, 0.717) is 13.0 Å². The number of hydrogen-bond donors (Lipinski definition) is 0. The third-order valence-electron chi connectivity index (χ3n) is 9.51. The lowest BCUT2D eigenvalue weighted by molar-refractivity contribution is -0.300. The van der Waals surface area contributed by atoms with Crippen molar-refractivity contribution >= 4 is 9.84 Å². The van der Waals surface area contributed by atoms with Crippen molar-refractivity contribution in [3.63, 3.8) is 0 Å². The highest BCUT2D eigenvalue weighted by Crippen LogP contribution is 2.35. The van der Waals surface area contributed by atoms with Crippen molar-refractivity contribution in [2.24, 2.45) is 0 Å². The van der Waals surface area contributed by atoms with E-state index in [4.69, 9.17) is 9.47 Å². The molecule has 0 amide bonds. The SMILES string of the molecule is CCCCCC=CCC=CCCCCCCCCC1(CCCCCCCCC=CCC=CCCCCC)OCCC(CCS(C)(=O)=O)O1. The summed E-state index contributed by atoms with van der Waals surface area (Å²) in [7, 11) is -2.98. The van der Waals surface area contributed by atoms with Crippen LogP contribution in [0.25, 0.3) is 0 Å². The molecule has 0 saturated carbocycles. The third kappa shape index (κ3) is 28.6. The van der Waals surface area contributed by atoms with Crippen LogP contribution in [0.5, 0.6) is 0 Å². The standard InChI is InChI=1S/C43H78O4S/c1-4-6-8-10-12-14-16-18-20-22-24-26-28-30-32-34-38-43(46-40-36-42(47-43)37-41-48(3,44)45)39-35-33-31-29-27-25-23-21-19-17-15-13-11-9-7-5-2/h12-15,18-21,42H,4-11,16-17,22-41H2,1-3H3. The van der Waals surface area contributed by atoms with E-state index in [2.05, 4.69) is 62.5 Å². The molecule has 4 nitrogen and oxygen atoms in total. The van der Waals surface area contributed by atoms with Crippen LogP contribution in [-0.4, -0.2) is 38.9 Å². The van der Waals surface area contributed by atoms with Crippen LogP contribution in [0.1, 0.15) is 194 Å². The van der Waals surface area contributed by atoms with Crippen LogP contribution in [-0.2, 0) is 19.3 Å². The minimum atomic E-state index is -2.98. The molecule has 1 heterocycles. The second kappa shape index (κ2) is 31.8. The molecule has 0 aromatic heterocycles. The van der Waals surface area contributed by atoms with E-state index in [1.807, 2.05) is 0 Å². The van der Waals surface area contributed by atoms with Crippen molar-refractivity contribution in [1.29, 1.82) is 0 Å². The van der Waals surface area contributed by atoms with Crippen LogP contribution in [0.2, 0.25) is 0 Å². The van der Waals surface area contributed by atoms with Gasteiger partial charge < -0.3 is 9.47 Å². The van der Waals surface area contributed by atoms with Gasteiger partial charge in [0.25, 0.3) is 0 Å². The van der Waals surface area contributed by atoms with E-state index >= 15 is 0 Å². The second-order valence-corrected chi connectivity index (χ2v) is 16.6. The number of ether oxygens (including phenoxy) is 2. The van der Waals surface area contributed by atoms with Crippen LogP contribution in [0, 0.1) is 0 Å². The van der Waals surface area contributed by atoms with Gasteiger partial charge in [-0.2, -0.15) is 0 Å². The summed E-state index contributed by atoms with van der Waals surface area (Å²) in [5, 5.41) is 0. The fourth-order valence-electron chi connectivity index (χ4n) is 6.47. The molecule has 0 spiro atoms. The molecule has 0 N–H and O–H groups in total. The predicted molar refractivity (Wildman–Crippen MR) is 210 cm³/mol. The van der Waals surface area contributed by atoms with Gasteiger partial charge in [0.15, 0.2) is 5.79 Å². The van der Waals surface area contributed by atoms with Gasteiger partial charge >= 0.3 is 0 Å². The highest BCUT2D eigenvalue weighted by atomic mass is 32.2. The Kier molecular flexibility index (Phi) is 29.7. The van der Waals surface area contributed by atoms with Crippen LogP contribution >= 0.6 is 0 Å². The van der Waals surface area contributed by atoms with Crippen molar-refractivity contribution in [1.82, 2.24) is 0 Å². The van der Waals surface area contributed by atoms with Crippen LogP contribution in [0.15, 0.2) is 48.6 Å². The Morgan fingerprint density at radius 3 is 1.38 bits per heavy atom. The molecule has 1 fully saturated rings. The molecule has 0 aliphatic carbocycles. The first-order valence-electron chi connectivity index (χ1n) is 20.5. The fourth-order valence-corrected chi connectivity index (χ4v) is 7.17. The summed E-state index contributed by atoms with van der Waals surface area (Å²) in [5.74, 6) is -0.325. The maximum absolute atomic E-state index is 11.8. The summed E-state index contributed by atoms with van der Waals surface area (Å²) in [6, 6.07) is 0. The molecule has 1 unspecified atom stereocenters. The third-order valence-corrected chi connectivity index (χ3v) is 10.5. The summed E-state index contributed by atoms with van der Waals surface area (Å²) >= 11 is 0. The Hall–Kier alpha value is -1.17. The molecule has 0 aromatic carbocycles. The summed E-state index contributed by atoms with van der Waals surface area (Å²) < 4.78 is 36.6. The molecule has 5 heteroatoms. The molecular weight excluding hydrogens is 613 g/mol. The van der Waals surface area contributed by atoms with Gasteiger partial charge in [-0.1, -0.05) is 140 Å². The zero-order valence-electron chi connectivity index (χ0n) is 32.0. The average molecular weight is 691 g/mol. The first-order chi connectivity index (χ1) is 23.4. The van der Waals surface area contributed by atoms with E-state index in [9.17, 15) is 8.42 Å². The summed E-state index contributed by atoms with van der Waals surface area (Å²) in [6.45, 7) is 5.19. The highest BCUT2D eigenvalue weighted by Gasteiger charge is 2.37. The summed E-state index contributed by atoms with van der Waals surface area (Å²) in [6.07, 6.45) is 53.0. The zero-order chi connectivity index (χ0) is 34.9. The molecule has 48 heavy (non-hydrogen) atoms. The lowest BCUT2D eigenvalue weighted by Crippen LogP contribution is -2.45. The van der Waals surface area contributed by atoms with Crippen molar-refractivity contribution in [3.05, 3.63) is 48.6 Å². The van der Waals surface area contributed by atoms with Gasteiger partial charge in [-0.05, 0) is 89.9 Å². The molecule has 1 aliphatic heterocycles. The first kappa shape index (κ1) is 44.9. The van der Waals surface area contributed by atoms with Crippen molar-refractivity contribution in [2.45, 2.75) is 206 Å². The number of rotatable bonds is 33. The number of sulfone groups is 1. The molecule has 0 radical (unpaired) electrons. The van der Waals surface area contributed by atoms with Gasteiger partial charge in [-0.3, -0.25) is 0 Å². The van der Waals surface area contributed by atoms with Crippen LogP contribution in [0.4, 0.5) is 0 Å². The second-order valence-electron chi connectivity index (χ2n) is 14.4. The van der Waals surface area contributed by atoms with Gasteiger partial charge in [-0.15, -0.1) is 0 Å². The van der Waals surface area contributed by atoms with Crippen molar-refractivity contribution < 1.29 is 17.9 Å². The van der Waals surface area contributed by atoms with E-state index in [1.54, 1.807) is 0 Å². The van der Waals surface area contributed by atoms with Gasteiger partial charge in [0.2, 0.25) is 0 Å². The van der Waals surface area contributed by atoms with Gasteiger partial charge in [0.05, 0.1) is 18.5 Å². The predicted octanol–water partition coefficient (Wildman–Crippen LogP) is 13.3. The number of unbranched alkanes of at least 4 members (excludes halogenated alkanes) is 18. The largest absolute Gasteiger partial charge is 0.350 e. The molecule has 1 atom stereocenters. The Morgan fingerprint density at radius 2 is 0.958 bits per heavy atom. The molecule has 1 saturated heterocycles. The van der Waals surface area contributed by atoms with E-state index in [1.165, 1.54) is 135 Å². The van der Waals surface area contributed by atoms with Crippen LogP contribution < -0.4 is 0 Å². The Balaban J connectivity index is 2.27. The van der Waals surface area contributed by atoms with Gasteiger partial charge in [0.1, 0.15) is 9.84 Å². The number of allylic oxidation sites excluding steroid dienone is 8. The lowest BCUT2D eigenvalue weighted by atomic mass is 9.97. The Morgan fingerprint density at radius 1 is 0.562 bits per heavy atom.